The second-order valence-electron chi connectivity index (χ2n) is 6.70. The van der Waals surface area contributed by atoms with Crippen molar-refractivity contribution in [1.82, 2.24) is 9.58 Å². The van der Waals surface area contributed by atoms with E-state index in [-0.39, 0.29) is 62.7 Å². The summed E-state index contributed by atoms with van der Waals surface area (Å²) in [7, 11) is 4.14. The maximum atomic E-state index is 4.65. The Morgan fingerprint density at radius 1 is 0.867 bits per heavy atom. The summed E-state index contributed by atoms with van der Waals surface area (Å²) in [6, 6.07) is 18.8. The van der Waals surface area contributed by atoms with Crippen LogP contribution in [0.25, 0.3) is 10.9 Å². The van der Waals surface area contributed by atoms with E-state index in [0.717, 1.165) is 28.3 Å². The summed E-state index contributed by atoms with van der Waals surface area (Å²) in [5.74, 6) is 0.846. The fraction of sp³-hybridized carbons (Fsp3) is 0.238. The van der Waals surface area contributed by atoms with Crippen LogP contribution in [-0.2, 0) is 26.5 Å². The Morgan fingerprint density at radius 3 is 2.13 bits per heavy atom. The SMILES string of the molecule is Cc1c(N=NC2=CC(C)N(C)N2c2ccccc2)c2ccccc2n1C.Cl.[Cl-].[Cl-].[Zn+2]. The van der Waals surface area contributed by atoms with Gasteiger partial charge in [-0.1, -0.05) is 36.4 Å². The number of nitrogens with zero attached hydrogens (tertiary/aromatic N) is 5. The monoisotopic (exact) mass is 515 g/mol. The molecular weight excluding hydrogens is 494 g/mol. The molecule has 3 aromatic rings. The topological polar surface area (TPSA) is 36.1 Å². The Bertz CT molecular complexity index is 1020. The molecule has 0 saturated carbocycles. The average Bonchev–Trinajstić information content (AvgIpc) is 3.08. The van der Waals surface area contributed by atoms with E-state index >= 15 is 0 Å². The molecule has 1 aliphatic rings. The van der Waals surface area contributed by atoms with Crippen molar-refractivity contribution in [2.24, 2.45) is 17.3 Å². The average molecular weight is 518 g/mol. The summed E-state index contributed by atoms with van der Waals surface area (Å²) in [6.45, 7) is 4.24. The molecule has 0 bridgehead atoms. The molecule has 1 aliphatic heterocycles. The van der Waals surface area contributed by atoms with Crippen LogP contribution < -0.4 is 29.8 Å². The van der Waals surface area contributed by atoms with Gasteiger partial charge in [0.25, 0.3) is 0 Å². The summed E-state index contributed by atoms with van der Waals surface area (Å²) in [5.41, 5.74) is 4.30. The van der Waals surface area contributed by atoms with Crippen LogP contribution in [0.15, 0.2) is 76.7 Å². The minimum absolute atomic E-state index is 0. The fourth-order valence-electron chi connectivity index (χ4n) is 3.43. The largest absolute Gasteiger partial charge is 2.00 e. The first kappa shape index (κ1) is 28.6. The Kier molecular flexibility index (Phi) is 11.3. The van der Waals surface area contributed by atoms with Gasteiger partial charge in [0.05, 0.1) is 11.2 Å². The van der Waals surface area contributed by atoms with E-state index in [9.17, 15) is 0 Å². The van der Waals surface area contributed by atoms with Crippen LogP contribution in [0.3, 0.4) is 0 Å². The van der Waals surface area contributed by atoms with Crippen molar-refractivity contribution in [2.75, 3.05) is 12.1 Å². The van der Waals surface area contributed by atoms with E-state index < -0.39 is 0 Å². The second-order valence-corrected chi connectivity index (χ2v) is 6.70. The van der Waals surface area contributed by atoms with Crippen molar-refractivity contribution in [3.05, 3.63) is 72.2 Å². The Balaban J connectivity index is 0.00000210. The second kappa shape index (κ2) is 11.8. The fourth-order valence-corrected chi connectivity index (χ4v) is 3.43. The minimum atomic E-state index is 0. The maximum Gasteiger partial charge on any atom is 2.00 e. The third kappa shape index (κ3) is 5.07. The van der Waals surface area contributed by atoms with Gasteiger partial charge in [-0.05, 0) is 38.1 Å². The molecule has 9 heteroatoms. The molecule has 156 valence electrons. The van der Waals surface area contributed by atoms with Gasteiger partial charge in [-0.25, -0.2) is 5.01 Å². The zero-order chi connectivity index (χ0) is 18.3. The summed E-state index contributed by atoms with van der Waals surface area (Å²) in [5, 5.41) is 14.7. The molecule has 30 heavy (non-hydrogen) atoms. The molecule has 0 fully saturated rings. The Hall–Kier alpha value is -1.43. The van der Waals surface area contributed by atoms with Crippen LogP contribution in [0.4, 0.5) is 11.4 Å². The molecule has 4 rings (SSSR count). The van der Waals surface area contributed by atoms with Crippen molar-refractivity contribution in [2.45, 2.75) is 19.9 Å². The standard InChI is InChI=1S/C21H23N5.3ClH.Zn/c1-15-14-20(26(25(15)4)17-10-6-5-7-11-17)22-23-21-16(2)24(3)19-13-9-8-12-18(19)21;;;;/h5-15H,1-4H3;3*1H;/q;;;;+2/p-2. The molecule has 2 heterocycles. The third-order valence-corrected chi connectivity index (χ3v) is 5.13. The number of anilines is 1. The normalized spacial score (nSPS) is 15.8. The molecule has 1 aromatic heterocycles. The van der Waals surface area contributed by atoms with E-state index in [2.05, 4.69) is 89.2 Å². The minimum Gasteiger partial charge on any atom is -1.00 e. The number of hydrogen-bond acceptors (Lipinski definition) is 4. The molecule has 0 radical (unpaired) electrons. The van der Waals surface area contributed by atoms with Crippen LogP contribution in [0, 0.1) is 6.92 Å². The van der Waals surface area contributed by atoms with E-state index in [1.807, 2.05) is 24.3 Å². The van der Waals surface area contributed by atoms with Crippen LogP contribution in [0.1, 0.15) is 12.6 Å². The van der Waals surface area contributed by atoms with Gasteiger partial charge in [-0.3, -0.25) is 5.01 Å². The van der Waals surface area contributed by atoms with Crippen molar-refractivity contribution >= 4 is 34.7 Å². The number of rotatable bonds is 3. The van der Waals surface area contributed by atoms with Crippen LogP contribution >= 0.6 is 12.4 Å². The summed E-state index contributed by atoms with van der Waals surface area (Å²) >= 11 is 0. The smallest absolute Gasteiger partial charge is 1.00 e. The van der Waals surface area contributed by atoms with Gasteiger partial charge in [0.15, 0.2) is 5.82 Å². The van der Waals surface area contributed by atoms with Crippen molar-refractivity contribution in [1.29, 1.82) is 0 Å². The van der Waals surface area contributed by atoms with Gasteiger partial charge in [0, 0.05) is 31.2 Å². The van der Waals surface area contributed by atoms with Gasteiger partial charge in [-0.15, -0.1) is 22.6 Å². The zero-order valence-electron chi connectivity index (χ0n) is 17.5. The van der Waals surface area contributed by atoms with Gasteiger partial charge in [0.1, 0.15) is 5.69 Å². The molecule has 5 nitrogen and oxygen atoms in total. The molecule has 0 N–H and O–H groups in total. The van der Waals surface area contributed by atoms with E-state index in [0.29, 0.717) is 0 Å². The number of likely N-dealkylation sites (N-methyl/N-ethyl adjacent to an activating group) is 1. The quantitative estimate of drug-likeness (QED) is 0.350. The molecule has 0 amide bonds. The van der Waals surface area contributed by atoms with Gasteiger partial charge in [-0.2, -0.15) is 0 Å². The van der Waals surface area contributed by atoms with Crippen molar-refractivity contribution in [3.63, 3.8) is 0 Å². The zero-order valence-corrected chi connectivity index (χ0v) is 22.8. The van der Waals surface area contributed by atoms with E-state index in [1.54, 1.807) is 0 Å². The number of hydrogen-bond donors (Lipinski definition) is 0. The maximum absolute atomic E-state index is 4.65. The van der Waals surface area contributed by atoms with Gasteiger partial charge >= 0.3 is 19.5 Å². The first-order chi connectivity index (χ1) is 12.6. The number of fused-ring (bicyclic) bond motifs is 1. The van der Waals surface area contributed by atoms with Gasteiger partial charge < -0.3 is 29.4 Å². The number of benzene rings is 2. The van der Waals surface area contributed by atoms with Crippen LogP contribution in [0.2, 0.25) is 0 Å². The number of aromatic nitrogens is 1. The molecule has 1 atom stereocenters. The molecule has 0 saturated heterocycles. The number of azo groups is 1. The molecule has 2 aromatic carbocycles. The molecular formula is C21H24Cl3N5Zn. The Labute approximate surface area is 209 Å². The summed E-state index contributed by atoms with van der Waals surface area (Å²) < 4.78 is 2.16. The van der Waals surface area contributed by atoms with E-state index in [1.165, 1.54) is 5.52 Å². The number of aryl methyl sites for hydroxylation is 1. The Morgan fingerprint density at radius 2 is 1.47 bits per heavy atom. The predicted molar refractivity (Wildman–Crippen MR) is 114 cm³/mol. The van der Waals surface area contributed by atoms with Gasteiger partial charge in [0.2, 0.25) is 0 Å². The molecule has 1 unspecified atom stereocenters. The van der Waals surface area contributed by atoms with Crippen LogP contribution in [0.5, 0.6) is 0 Å². The third-order valence-electron chi connectivity index (χ3n) is 5.13. The summed E-state index contributed by atoms with van der Waals surface area (Å²) in [6.07, 6.45) is 2.14. The van der Waals surface area contributed by atoms with Crippen molar-refractivity contribution in [3.8, 4) is 0 Å². The first-order valence-corrected chi connectivity index (χ1v) is 8.83. The predicted octanol–water partition coefficient (Wildman–Crippen LogP) is -0.405. The number of para-hydroxylation sites is 2. The van der Waals surface area contributed by atoms with E-state index in [4.69, 9.17) is 0 Å². The van der Waals surface area contributed by atoms with Crippen LogP contribution in [-0.4, -0.2) is 22.7 Å². The number of hydrazine groups is 1. The summed E-state index contributed by atoms with van der Waals surface area (Å²) in [4.78, 5) is 0. The molecule has 0 aliphatic carbocycles. The van der Waals surface area contributed by atoms with Crippen molar-refractivity contribution < 1.29 is 44.3 Å². The number of halogens is 3. The first-order valence-electron chi connectivity index (χ1n) is 8.83. The molecule has 0 spiro atoms.